The molecule has 3 saturated carbocycles. The SMILES string of the molecule is CC(C)=CC(=O)N[C@@H]1CC[C@@]2(C)C(CC[C@@H]3[C@@H]2CC[C@]2(C)C([C@H](C)N(C)C)=CC[C@@H]32)C1. The van der Waals surface area contributed by atoms with Crippen LogP contribution in [0.3, 0.4) is 0 Å². The lowest BCUT2D eigenvalue weighted by atomic mass is 9.44. The van der Waals surface area contributed by atoms with Crippen LogP contribution < -0.4 is 5.32 Å². The maximum atomic E-state index is 12.3. The van der Waals surface area contributed by atoms with Crippen molar-refractivity contribution in [2.45, 2.75) is 98.1 Å². The molecule has 31 heavy (non-hydrogen) atoms. The lowest BCUT2D eigenvalue weighted by molar-refractivity contribution is -0.121. The molecule has 0 aliphatic heterocycles. The molecule has 0 spiro atoms. The predicted octanol–water partition coefficient (Wildman–Crippen LogP) is 5.97. The predicted molar refractivity (Wildman–Crippen MR) is 130 cm³/mol. The molecular weight excluding hydrogens is 380 g/mol. The summed E-state index contributed by atoms with van der Waals surface area (Å²) >= 11 is 0. The minimum absolute atomic E-state index is 0.107. The summed E-state index contributed by atoms with van der Waals surface area (Å²) in [5.74, 6) is 3.49. The number of allylic oxidation sites excluding steroid dienone is 2. The molecule has 174 valence electrons. The second-order valence-electron chi connectivity index (χ2n) is 12.3. The van der Waals surface area contributed by atoms with Crippen molar-refractivity contribution in [1.29, 1.82) is 0 Å². The van der Waals surface area contributed by atoms with Gasteiger partial charge in [-0.25, -0.2) is 0 Å². The van der Waals surface area contributed by atoms with Gasteiger partial charge in [-0.15, -0.1) is 0 Å². The number of hydrogen-bond donors (Lipinski definition) is 1. The maximum absolute atomic E-state index is 12.3. The van der Waals surface area contributed by atoms with E-state index in [9.17, 15) is 4.79 Å². The Morgan fingerprint density at radius 3 is 2.55 bits per heavy atom. The number of fused-ring (bicyclic) bond motifs is 5. The minimum Gasteiger partial charge on any atom is -0.350 e. The maximum Gasteiger partial charge on any atom is 0.244 e. The number of likely N-dealkylation sites (N-methyl/N-ethyl adjacent to an activating group) is 1. The highest BCUT2D eigenvalue weighted by molar-refractivity contribution is 5.88. The third-order valence-corrected chi connectivity index (χ3v) is 10.3. The highest BCUT2D eigenvalue weighted by Crippen LogP contribution is 2.66. The smallest absolute Gasteiger partial charge is 0.244 e. The molecule has 3 nitrogen and oxygen atoms in total. The van der Waals surface area contributed by atoms with Crippen LogP contribution in [0.25, 0.3) is 0 Å². The lowest BCUT2D eigenvalue weighted by Gasteiger charge is -2.61. The summed E-state index contributed by atoms with van der Waals surface area (Å²) in [7, 11) is 4.46. The minimum atomic E-state index is 0.107. The molecule has 0 aromatic carbocycles. The van der Waals surface area contributed by atoms with Crippen molar-refractivity contribution < 1.29 is 4.79 Å². The van der Waals surface area contributed by atoms with Crippen LogP contribution in [-0.4, -0.2) is 37.0 Å². The molecule has 0 aromatic heterocycles. The molecule has 0 saturated heterocycles. The zero-order chi connectivity index (χ0) is 22.6. The first-order valence-corrected chi connectivity index (χ1v) is 12.9. The van der Waals surface area contributed by atoms with Crippen molar-refractivity contribution in [1.82, 2.24) is 10.2 Å². The Morgan fingerprint density at radius 2 is 1.87 bits per heavy atom. The van der Waals surface area contributed by atoms with E-state index < -0.39 is 0 Å². The summed E-state index contributed by atoms with van der Waals surface area (Å²) in [5.41, 5.74) is 3.68. The number of carbonyl (C=O) groups is 1. The van der Waals surface area contributed by atoms with Gasteiger partial charge in [0.05, 0.1) is 0 Å². The van der Waals surface area contributed by atoms with Crippen LogP contribution in [0.5, 0.6) is 0 Å². The normalized spacial score (nSPS) is 42.7. The Hall–Kier alpha value is -1.09. The molecule has 1 N–H and O–H groups in total. The molecule has 4 aliphatic rings. The van der Waals surface area contributed by atoms with Crippen molar-refractivity contribution >= 4 is 5.91 Å². The van der Waals surface area contributed by atoms with Crippen LogP contribution in [0.15, 0.2) is 23.3 Å². The second-order valence-corrected chi connectivity index (χ2v) is 12.3. The zero-order valence-corrected chi connectivity index (χ0v) is 21.1. The summed E-state index contributed by atoms with van der Waals surface area (Å²) in [6.07, 6.45) is 14.8. The van der Waals surface area contributed by atoms with Crippen molar-refractivity contribution in [3.05, 3.63) is 23.3 Å². The van der Waals surface area contributed by atoms with Crippen LogP contribution in [0, 0.1) is 34.5 Å². The monoisotopic (exact) mass is 426 g/mol. The van der Waals surface area contributed by atoms with Crippen LogP contribution in [0.2, 0.25) is 0 Å². The number of hydrogen-bond acceptors (Lipinski definition) is 2. The number of carbonyl (C=O) groups excluding carboxylic acids is 1. The summed E-state index contributed by atoms with van der Waals surface area (Å²) in [6.45, 7) is 11.6. The molecule has 4 rings (SSSR count). The molecule has 3 heteroatoms. The average Bonchev–Trinajstić information content (AvgIpc) is 3.04. The van der Waals surface area contributed by atoms with Crippen molar-refractivity contribution in [3.8, 4) is 0 Å². The van der Waals surface area contributed by atoms with Crippen LogP contribution in [0.4, 0.5) is 0 Å². The van der Waals surface area contributed by atoms with E-state index in [4.69, 9.17) is 0 Å². The third kappa shape index (κ3) is 3.94. The van der Waals surface area contributed by atoms with Crippen molar-refractivity contribution in [3.63, 3.8) is 0 Å². The quantitative estimate of drug-likeness (QED) is 0.444. The van der Waals surface area contributed by atoms with Gasteiger partial charge in [-0.1, -0.05) is 31.1 Å². The standard InChI is InChI=1S/C28H46N2O/c1-18(2)16-26(31)29-21-12-14-27(4)20(17-21)8-9-22-24-11-10-23(19(3)30(6)7)28(24,5)15-13-25(22)27/h10,16,19-22,24-25H,8-9,11-15,17H2,1-7H3,(H,29,31)/t19-,20?,21+,22-,24-,25-,27-,28+/m0/s1. The van der Waals surface area contributed by atoms with E-state index in [1.807, 2.05) is 13.8 Å². The van der Waals surface area contributed by atoms with Gasteiger partial charge < -0.3 is 10.2 Å². The van der Waals surface area contributed by atoms with E-state index in [1.165, 1.54) is 44.9 Å². The molecule has 8 atom stereocenters. The first-order chi connectivity index (χ1) is 14.6. The molecule has 0 heterocycles. The fraction of sp³-hybridized carbons (Fsp3) is 0.821. The summed E-state index contributed by atoms with van der Waals surface area (Å²) in [5, 5.41) is 3.32. The number of amides is 1. The van der Waals surface area contributed by atoms with Gasteiger partial charge in [0.25, 0.3) is 0 Å². The Balaban J connectivity index is 1.47. The molecule has 4 aliphatic carbocycles. The van der Waals surface area contributed by atoms with Crippen LogP contribution in [0.1, 0.15) is 86.0 Å². The Morgan fingerprint density at radius 1 is 1.13 bits per heavy atom. The van der Waals surface area contributed by atoms with E-state index in [2.05, 4.69) is 51.2 Å². The Bertz CT molecular complexity index is 763. The summed E-state index contributed by atoms with van der Waals surface area (Å²) in [6, 6.07) is 0.922. The lowest BCUT2D eigenvalue weighted by Crippen LogP contribution is -2.55. The summed E-state index contributed by atoms with van der Waals surface area (Å²) < 4.78 is 0. The fourth-order valence-corrected chi connectivity index (χ4v) is 8.42. The highest BCUT2D eigenvalue weighted by Gasteiger charge is 2.59. The largest absolute Gasteiger partial charge is 0.350 e. The zero-order valence-electron chi connectivity index (χ0n) is 21.1. The number of nitrogens with one attached hydrogen (secondary N) is 1. The third-order valence-electron chi connectivity index (χ3n) is 10.3. The second kappa shape index (κ2) is 8.36. The van der Waals surface area contributed by atoms with E-state index in [-0.39, 0.29) is 5.91 Å². The first kappa shape index (κ1) is 23.1. The van der Waals surface area contributed by atoms with Crippen LogP contribution in [-0.2, 0) is 4.79 Å². The molecule has 1 unspecified atom stereocenters. The van der Waals surface area contributed by atoms with Crippen LogP contribution >= 0.6 is 0 Å². The summed E-state index contributed by atoms with van der Waals surface area (Å²) in [4.78, 5) is 14.7. The average molecular weight is 427 g/mol. The van der Waals surface area contributed by atoms with Crippen molar-refractivity contribution in [2.24, 2.45) is 34.5 Å². The van der Waals surface area contributed by atoms with Gasteiger partial charge >= 0.3 is 0 Å². The van der Waals surface area contributed by atoms with Gasteiger partial charge in [0.1, 0.15) is 0 Å². The van der Waals surface area contributed by atoms with E-state index in [1.54, 1.807) is 11.6 Å². The first-order valence-electron chi connectivity index (χ1n) is 12.9. The topological polar surface area (TPSA) is 32.3 Å². The Labute approximate surface area is 191 Å². The van der Waals surface area contributed by atoms with Gasteiger partial charge in [-0.2, -0.15) is 0 Å². The molecule has 0 radical (unpaired) electrons. The number of nitrogens with zero attached hydrogens (tertiary/aromatic N) is 1. The number of rotatable bonds is 4. The molecule has 0 bridgehead atoms. The molecular formula is C28H46N2O. The van der Waals surface area contributed by atoms with Gasteiger partial charge in [-0.3, -0.25) is 4.79 Å². The van der Waals surface area contributed by atoms with Gasteiger partial charge in [0, 0.05) is 18.2 Å². The van der Waals surface area contributed by atoms with Gasteiger partial charge in [0.15, 0.2) is 0 Å². The van der Waals surface area contributed by atoms with E-state index in [0.29, 0.717) is 22.9 Å². The highest BCUT2D eigenvalue weighted by atomic mass is 16.1. The molecule has 3 fully saturated rings. The Kier molecular flexibility index (Phi) is 6.22. The van der Waals surface area contributed by atoms with Crippen molar-refractivity contribution in [2.75, 3.05) is 14.1 Å². The molecule has 0 aromatic rings. The van der Waals surface area contributed by atoms with Gasteiger partial charge in [-0.05, 0) is 121 Å². The van der Waals surface area contributed by atoms with E-state index >= 15 is 0 Å². The van der Waals surface area contributed by atoms with E-state index in [0.717, 1.165) is 35.7 Å². The molecule has 1 amide bonds. The van der Waals surface area contributed by atoms with Gasteiger partial charge in [0.2, 0.25) is 5.91 Å². The fourth-order valence-electron chi connectivity index (χ4n) is 8.42.